The summed E-state index contributed by atoms with van der Waals surface area (Å²) in [6.07, 6.45) is 3.58. The first-order chi connectivity index (χ1) is 24.0. The van der Waals surface area contributed by atoms with Crippen LogP contribution in [0.4, 0.5) is 0 Å². The van der Waals surface area contributed by atoms with E-state index in [0.717, 1.165) is 18.5 Å². The highest BCUT2D eigenvalue weighted by Crippen LogP contribution is 2.34. The molecule has 2 heterocycles. The van der Waals surface area contributed by atoms with Crippen molar-refractivity contribution in [3.63, 3.8) is 0 Å². The molecule has 294 valence electrons. The predicted molar refractivity (Wildman–Crippen MR) is 200 cm³/mol. The lowest BCUT2D eigenvalue weighted by molar-refractivity contribution is -0.283. The molecule has 12 heteroatoms. The Kier molecular flexibility index (Phi) is 19.5. The quantitative estimate of drug-likeness (QED) is 0.242. The van der Waals surface area contributed by atoms with Gasteiger partial charge in [0.2, 0.25) is 5.91 Å². The van der Waals surface area contributed by atoms with Crippen LogP contribution in [0.2, 0.25) is 0 Å². The van der Waals surface area contributed by atoms with Gasteiger partial charge in [-0.15, -0.1) is 0 Å². The van der Waals surface area contributed by atoms with Crippen molar-refractivity contribution in [2.45, 2.75) is 123 Å². The molecule has 1 fully saturated rings. The normalized spacial score (nSPS) is 35.0. The first-order valence-electron chi connectivity index (χ1n) is 19.0. The molecule has 2 aliphatic rings. The lowest BCUT2D eigenvalue weighted by Crippen LogP contribution is -2.56. The van der Waals surface area contributed by atoms with Gasteiger partial charge in [0.1, 0.15) is 12.2 Å². The average Bonchev–Trinajstić information content (AvgIpc) is 3.05. The number of allylic oxidation sites excluding steroid dienone is 3. The maximum Gasteiger partial charge on any atom is 0.308 e. The fourth-order valence-corrected chi connectivity index (χ4v) is 7.29. The van der Waals surface area contributed by atoms with Crippen molar-refractivity contribution in [3.8, 4) is 0 Å². The van der Waals surface area contributed by atoms with Crippen LogP contribution in [0.1, 0.15) is 80.1 Å². The van der Waals surface area contributed by atoms with Crippen LogP contribution in [-0.4, -0.2) is 147 Å². The fourth-order valence-electron chi connectivity index (χ4n) is 7.29. The minimum absolute atomic E-state index is 0.0273. The van der Waals surface area contributed by atoms with E-state index in [0.29, 0.717) is 38.8 Å². The van der Waals surface area contributed by atoms with Gasteiger partial charge in [-0.05, 0) is 99.7 Å². The summed E-state index contributed by atoms with van der Waals surface area (Å²) in [5.74, 6) is -2.04. The summed E-state index contributed by atoms with van der Waals surface area (Å²) in [6, 6.07) is -0.222. The van der Waals surface area contributed by atoms with E-state index in [4.69, 9.17) is 14.2 Å². The van der Waals surface area contributed by atoms with Gasteiger partial charge < -0.3 is 44.4 Å². The molecule has 2 aliphatic heterocycles. The second-order valence-corrected chi connectivity index (χ2v) is 15.5. The summed E-state index contributed by atoms with van der Waals surface area (Å²) < 4.78 is 18.9. The maximum atomic E-state index is 13.6. The Morgan fingerprint density at radius 2 is 1.71 bits per heavy atom. The number of likely N-dealkylation sites (N-methyl/N-ethyl adjacent to an activating group) is 2. The predicted octanol–water partition coefficient (Wildman–Crippen LogP) is 3.26. The van der Waals surface area contributed by atoms with Crippen molar-refractivity contribution >= 4 is 17.7 Å². The van der Waals surface area contributed by atoms with Crippen molar-refractivity contribution in [1.82, 2.24) is 20.0 Å². The van der Waals surface area contributed by atoms with Crippen LogP contribution in [0.15, 0.2) is 23.8 Å². The van der Waals surface area contributed by atoms with Gasteiger partial charge in [-0.25, -0.2) is 0 Å². The fraction of sp³-hybridized carbons (Fsp3) is 0.821. The summed E-state index contributed by atoms with van der Waals surface area (Å²) in [5.41, 5.74) is 0.889. The number of nitrogens with one attached hydrogen (secondary N) is 1. The number of esters is 1. The summed E-state index contributed by atoms with van der Waals surface area (Å²) in [6.45, 7) is 13.5. The molecule has 11 atom stereocenters. The Morgan fingerprint density at radius 1 is 1.02 bits per heavy atom. The van der Waals surface area contributed by atoms with Crippen LogP contribution in [-0.2, 0) is 28.6 Å². The zero-order valence-electron chi connectivity index (χ0n) is 33.3. The molecule has 0 aliphatic carbocycles. The van der Waals surface area contributed by atoms with Crippen molar-refractivity contribution in [2.75, 3.05) is 61.4 Å². The Labute approximate surface area is 307 Å². The number of nitrogens with zero attached hydrogens (tertiary/aromatic N) is 3. The molecule has 51 heavy (non-hydrogen) atoms. The van der Waals surface area contributed by atoms with Crippen molar-refractivity contribution in [3.05, 3.63) is 23.8 Å². The number of carbonyl (C=O) groups excluding carboxylic acids is 3. The molecular weight excluding hydrogens is 652 g/mol. The van der Waals surface area contributed by atoms with Crippen LogP contribution in [0, 0.1) is 23.7 Å². The van der Waals surface area contributed by atoms with Crippen LogP contribution >= 0.6 is 0 Å². The zero-order valence-corrected chi connectivity index (χ0v) is 33.3. The van der Waals surface area contributed by atoms with Gasteiger partial charge in [0.25, 0.3) is 0 Å². The first kappa shape index (κ1) is 45.0. The van der Waals surface area contributed by atoms with Crippen molar-refractivity contribution < 1.29 is 38.8 Å². The number of ether oxygens (including phenoxy) is 3. The minimum Gasteiger partial charge on any atom is -0.462 e. The van der Waals surface area contributed by atoms with E-state index >= 15 is 0 Å². The largest absolute Gasteiger partial charge is 0.462 e. The number of cyclic esters (lactones) is 1. The second-order valence-electron chi connectivity index (χ2n) is 15.5. The lowest BCUT2D eigenvalue weighted by atomic mass is 9.79. The monoisotopic (exact) mass is 723 g/mol. The van der Waals surface area contributed by atoms with E-state index < -0.39 is 48.5 Å². The van der Waals surface area contributed by atoms with Crippen molar-refractivity contribution in [2.24, 2.45) is 23.7 Å². The van der Waals surface area contributed by atoms with Gasteiger partial charge in [-0.1, -0.05) is 45.4 Å². The third-order valence-electron chi connectivity index (χ3n) is 10.5. The van der Waals surface area contributed by atoms with Gasteiger partial charge in [0.05, 0.1) is 31.3 Å². The molecule has 1 unspecified atom stereocenters. The zero-order chi connectivity index (χ0) is 38.4. The maximum absolute atomic E-state index is 13.6. The Balaban J connectivity index is 2.62. The first-order valence-corrected chi connectivity index (χ1v) is 19.0. The number of rotatable bonds is 13. The summed E-state index contributed by atoms with van der Waals surface area (Å²) in [7, 11) is 9.56. The van der Waals surface area contributed by atoms with Crippen LogP contribution in [0.3, 0.4) is 0 Å². The summed E-state index contributed by atoms with van der Waals surface area (Å²) in [5, 5.41) is 26.1. The Morgan fingerprint density at radius 3 is 2.31 bits per heavy atom. The summed E-state index contributed by atoms with van der Waals surface area (Å²) in [4.78, 5) is 46.1. The van der Waals surface area contributed by atoms with Gasteiger partial charge >= 0.3 is 5.97 Å². The van der Waals surface area contributed by atoms with E-state index in [-0.39, 0.29) is 48.6 Å². The number of aliphatic hydroxyl groups is 2. The van der Waals surface area contributed by atoms with E-state index in [9.17, 15) is 24.6 Å². The highest BCUT2D eigenvalue weighted by Gasteiger charge is 2.43. The lowest BCUT2D eigenvalue weighted by Gasteiger charge is -2.44. The molecule has 0 aromatic rings. The Hall–Kier alpha value is -2.19. The summed E-state index contributed by atoms with van der Waals surface area (Å²) >= 11 is 0. The second kappa shape index (κ2) is 22.1. The standard InChI is InChI=1S/C39H70N4O8/c1-12-34-27(4)20-25(2)14-15-32(44)26(3)21-30(16-19-43(35(46)24-40-7)18-13-17-41(8)9)38(29(6)33(45)23-36(47)50-34)51-39-37(48)31(42(10)11)22-28(5)49-39/h14-15,20,26-31,33-34,37-40,45,48H,12-13,16-19,21-24H2,1-11H3/b15-14+,25-20+/t26-,27+,28-,29+,30+,31+,33?,34-,37-,38-,39+/m1/s1. The average molecular weight is 723 g/mol. The number of carbonyl (C=O) groups is 3. The number of hydrogen-bond donors (Lipinski definition) is 3. The van der Waals surface area contributed by atoms with Crippen LogP contribution in [0.5, 0.6) is 0 Å². The molecule has 0 radical (unpaired) electrons. The highest BCUT2D eigenvalue weighted by molar-refractivity contribution is 5.91. The molecule has 0 saturated carbocycles. The third kappa shape index (κ3) is 14.6. The molecule has 0 bridgehead atoms. The number of hydrogen-bond acceptors (Lipinski definition) is 11. The molecular formula is C39H70N4O8. The van der Waals surface area contributed by atoms with Crippen LogP contribution < -0.4 is 5.32 Å². The topological polar surface area (TPSA) is 141 Å². The number of amides is 1. The van der Waals surface area contributed by atoms with E-state index in [1.807, 2.05) is 91.7 Å². The van der Waals surface area contributed by atoms with Crippen LogP contribution in [0.25, 0.3) is 0 Å². The Bertz CT molecular complexity index is 1150. The van der Waals surface area contributed by atoms with Gasteiger partial charge in [0.15, 0.2) is 12.1 Å². The molecule has 1 amide bonds. The number of ketones is 1. The SMILES string of the molecule is CC[C@H]1OC(=O)CC(O)[C@H](C)[C@@H](O[C@@H]2O[C@H](C)C[C@H](N(C)C)[C@H]2O)[C@@H](CCN(CCCN(C)C)C(=O)CNC)C[C@@H](C)C(=O)/C=C/C(C)=C/[C@@H]1C. The van der Waals surface area contributed by atoms with Gasteiger partial charge in [-0.2, -0.15) is 0 Å². The molecule has 0 aromatic heterocycles. The minimum atomic E-state index is -1.14. The number of aliphatic hydroxyl groups excluding tert-OH is 2. The molecule has 1 saturated heterocycles. The van der Waals surface area contributed by atoms with Crippen molar-refractivity contribution in [1.29, 1.82) is 0 Å². The molecule has 0 aromatic carbocycles. The molecule has 0 spiro atoms. The van der Waals surface area contributed by atoms with E-state index in [1.165, 1.54) is 0 Å². The molecule has 2 rings (SSSR count). The smallest absolute Gasteiger partial charge is 0.308 e. The molecule has 12 nitrogen and oxygen atoms in total. The molecule has 3 N–H and O–H groups in total. The van der Waals surface area contributed by atoms with E-state index in [1.54, 1.807) is 13.1 Å². The highest BCUT2D eigenvalue weighted by atomic mass is 16.7. The van der Waals surface area contributed by atoms with Gasteiger partial charge in [-0.3, -0.25) is 14.4 Å². The third-order valence-corrected chi connectivity index (χ3v) is 10.5. The van der Waals surface area contributed by atoms with Gasteiger partial charge in [0, 0.05) is 36.9 Å². The van der Waals surface area contributed by atoms with E-state index in [2.05, 4.69) is 10.2 Å².